The van der Waals surface area contributed by atoms with Crippen molar-refractivity contribution in [2.75, 3.05) is 11.5 Å². The quantitative estimate of drug-likeness (QED) is 0.519. The monoisotopic (exact) mass is 316 g/mol. The summed E-state index contributed by atoms with van der Waals surface area (Å²) < 4.78 is 0. The third kappa shape index (κ3) is 3.97. The Morgan fingerprint density at radius 3 is 2.67 bits per heavy atom. The van der Waals surface area contributed by atoms with Crippen molar-refractivity contribution in [3.05, 3.63) is 58.8 Å². The number of nitrogen functional groups attached to an aromatic ring is 1. The zero-order valence-corrected chi connectivity index (χ0v) is 12.8. The Kier molecular flexibility index (Phi) is 5.20. The highest BCUT2D eigenvalue weighted by molar-refractivity contribution is 7.99. The van der Waals surface area contributed by atoms with Gasteiger partial charge in [-0.2, -0.15) is 5.26 Å². The van der Waals surface area contributed by atoms with E-state index in [9.17, 15) is 5.26 Å². The Labute approximate surface area is 132 Å². The standard InChI is InChI=1S/C15H13ClN4S/c1-2-7-21-15-19-13(12(9-17)14(18)20-15)8-10-3-5-11(16)6-4-10/h2-6H,1,7-8H2,(H2,18,19,20). The van der Waals surface area contributed by atoms with Crippen molar-refractivity contribution in [2.24, 2.45) is 0 Å². The first-order valence-electron chi connectivity index (χ1n) is 6.18. The lowest BCUT2D eigenvalue weighted by Crippen LogP contribution is -2.06. The molecule has 2 rings (SSSR count). The zero-order chi connectivity index (χ0) is 15.2. The van der Waals surface area contributed by atoms with Gasteiger partial charge in [0.2, 0.25) is 0 Å². The lowest BCUT2D eigenvalue weighted by Gasteiger charge is -2.08. The van der Waals surface area contributed by atoms with E-state index in [1.807, 2.05) is 12.1 Å². The number of hydrogen-bond acceptors (Lipinski definition) is 5. The first-order chi connectivity index (χ1) is 10.1. The number of thioether (sulfide) groups is 1. The molecule has 0 saturated heterocycles. The molecule has 6 heteroatoms. The molecule has 0 aliphatic heterocycles. The number of benzene rings is 1. The van der Waals surface area contributed by atoms with Gasteiger partial charge in [0, 0.05) is 17.2 Å². The number of anilines is 1. The van der Waals surface area contributed by atoms with Crippen LogP contribution >= 0.6 is 23.4 Å². The van der Waals surface area contributed by atoms with Crippen LogP contribution in [0.15, 0.2) is 42.1 Å². The molecule has 4 nitrogen and oxygen atoms in total. The third-order valence-corrected chi connectivity index (χ3v) is 3.81. The van der Waals surface area contributed by atoms with Gasteiger partial charge in [-0.25, -0.2) is 9.97 Å². The number of halogens is 1. The molecule has 1 aromatic heterocycles. The lowest BCUT2D eigenvalue weighted by atomic mass is 10.1. The molecule has 1 heterocycles. The van der Waals surface area contributed by atoms with Crippen molar-refractivity contribution in [2.45, 2.75) is 11.6 Å². The van der Waals surface area contributed by atoms with E-state index in [0.29, 0.717) is 33.6 Å². The molecule has 0 spiro atoms. The Balaban J connectivity index is 2.35. The van der Waals surface area contributed by atoms with Crippen molar-refractivity contribution in [1.82, 2.24) is 9.97 Å². The van der Waals surface area contributed by atoms with E-state index < -0.39 is 0 Å². The Bertz CT molecular complexity index is 692. The predicted molar refractivity (Wildman–Crippen MR) is 86.3 cm³/mol. The van der Waals surface area contributed by atoms with Crippen molar-refractivity contribution in [3.8, 4) is 6.07 Å². The maximum absolute atomic E-state index is 9.23. The van der Waals surface area contributed by atoms with Gasteiger partial charge < -0.3 is 5.73 Å². The van der Waals surface area contributed by atoms with Gasteiger partial charge in [-0.05, 0) is 17.7 Å². The highest BCUT2D eigenvalue weighted by atomic mass is 35.5. The molecular weight excluding hydrogens is 304 g/mol. The molecule has 0 aliphatic rings. The predicted octanol–water partition coefficient (Wildman–Crippen LogP) is 3.45. The molecule has 0 amide bonds. The average Bonchev–Trinajstić information content (AvgIpc) is 2.47. The van der Waals surface area contributed by atoms with E-state index in [2.05, 4.69) is 22.6 Å². The number of hydrogen-bond donors (Lipinski definition) is 1. The highest BCUT2D eigenvalue weighted by Crippen LogP contribution is 2.22. The first-order valence-corrected chi connectivity index (χ1v) is 7.55. The molecule has 0 atom stereocenters. The Hall–Kier alpha value is -2.03. The molecule has 0 saturated carbocycles. The van der Waals surface area contributed by atoms with E-state index in [1.54, 1.807) is 18.2 Å². The summed E-state index contributed by atoms with van der Waals surface area (Å²) >= 11 is 7.30. The number of aromatic nitrogens is 2. The van der Waals surface area contributed by atoms with Crippen LogP contribution in [0.2, 0.25) is 5.02 Å². The molecule has 2 N–H and O–H groups in total. The van der Waals surface area contributed by atoms with Crippen LogP contribution < -0.4 is 5.73 Å². The van der Waals surface area contributed by atoms with Gasteiger partial charge in [0.1, 0.15) is 17.5 Å². The summed E-state index contributed by atoms with van der Waals surface area (Å²) in [7, 11) is 0. The fourth-order valence-corrected chi connectivity index (χ4v) is 2.48. The number of nitrogens with zero attached hydrogens (tertiary/aromatic N) is 3. The maximum atomic E-state index is 9.23. The van der Waals surface area contributed by atoms with E-state index >= 15 is 0 Å². The molecule has 106 valence electrons. The number of rotatable bonds is 5. The van der Waals surface area contributed by atoms with Crippen LogP contribution in [0.1, 0.15) is 16.8 Å². The minimum Gasteiger partial charge on any atom is -0.382 e. The molecule has 21 heavy (non-hydrogen) atoms. The maximum Gasteiger partial charge on any atom is 0.190 e. The molecule has 0 unspecified atom stereocenters. The van der Waals surface area contributed by atoms with Crippen LogP contribution in [-0.4, -0.2) is 15.7 Å². The fourth-order valence-electron chi connectivity index (χ4n) is 1.75. The highest BCUT2D eigenvalue weighted by Gasteiger charge is 2.13. The van der Waals surface area contributed by atoms with E-state index in [4.69, 9.17) is 17.3 Å². The summed E-state index contributed by atoms with van der Waals surface area (Å²) in [6, 6.07) is 9.49. The molecule has 0 fully saturated rings. The van der Waals surface area contributed by atoms with Crippen molar-refractivity contribution < 1.29 is 0 Å². The summed E-state index contributed by atoms with van der Waals surface area (Å²) in [4.78, 5) is 8.56. The summed E-state index contributed by atoms with van der Waals surface area (Å²) in [5.74, 6) is 0.897. The normalized spacial score (nSPS) is 10.1. The van der Waals surface area contributed by atoms with Gasteiger partial charge in [0.25, 0.3) is 0 Å². The number of nitrogens with two attached hydrogens (primary N) is 1. The smallest absolute Gasteiger partial charge is 0.190 e. The molecule has 2 aromatic rings. The van der Waals surface area contributed by atoms with Crippen LogP contribution in [0.3, 0.4) is 0 Å². The third-order valence-electron chi connectivity index (χ3n) is 2.72. The second-order valence-electron chi connectivity index (χ2n) is 4.23. The summed E-state index contributed by atoms with van der Waals surface area (Å²) in [5.41, 5.74) is 7.81. The molecule has 1 aromatic carbocycles. The van der Waals surface area contributed by atoms with Gasteiger partial charge in [-0.3, -0.25) is 0 Å². The molecule has 0 bridgehead atoms. The Morgan fingerprint density at radius 2 is 2.05 bits per heavy atom. The minimum atomic E-state index is 0.211. The molecule has 0 aliphatic carbocycles. The van der Waals surface area contributed by atoms with E-state index in [0.717, 1.165) is 5.56 Å². The topological polar surface area (TPSA) is 75.6 Å². The van der Waals surface area contributed by atoms with Crippen molar-refractivity contribution >= 4 is 29.2 Å². The van der Waals surface area contributed by atoms with Gasteiger partial charge >= 0.3 is 0 Å². The van der Waals surface area contributed by atoms with Crippen LogP contribution in [0.4, 0.5) is 5.82 Å². The first kappa shape index (κ1) is 15.4. The van der Waals surface area contributed by atoms with Gasteiger partial charge in [-0.15, -0.1) is 6.58 Å². The second-order valence-corrected chi connectivity index (χ2v) is 5.65. The van der Waals surface area contributed by atoms with Crippen LogP contribution in [-0.2, 0) is 6.42 Å². The van der Waals surface area contributed by atoms with E-state index in [1.165, 1.54) is 11.8 Å². The molecular formula is C15H13ClN4S. The van der Waals surface area contributed by atoms with Crippen molar-refractivity contribution in [3.63, 3.8) is 0 Å². The largest absolute Gasteiger partial charge is 0.382 e. The lowest BCUT2D eigenvalue weighted by molar-refractivity contribution is 0.903. The second kappa shape index (κ2) is 7.11. The van der Waals surface area contributed by atoms with Gasteiger partial charge in [-0.1, -0.05) is 41.6 Å². The minimum absolute atomic E-state index is 0.211. The van der Waals surface area contributed by atoms with Gasteiger partial charge in [0.15, 0.2) is 5.16 Å². The number of nitriles is 1. The zero-order valence-electron chi connectivity index (χ0n) is 11.2. The summed E-state index contributed by atoms with van der Waals surface area (Å²) in [6.45, 7) is 3.66. The van der Waals surface area contributed by atoms with Gasteiger partial charge in [0.05, 0.1) is 5.69 Å². The van der Waals surface area contributed by atoms with Crippen LogP contribution in [0, 0.1) is 11.3 Å². The van der Waals surface area contributed by atoms with E-state index in [-0.39, 0.29) is 5.82 Å². The summed E-state index contributed by atoms with van der Waals surface area (Å²) in [6.07, 6.45) is 2.27. The van der Waals surface area contributed by atoms with Crippen molar-refractivity contribution in [1.29, 1.82) is 5.26 Å². The summed E-state index contributed by atoms with van der Waals surface area (Å²) in [5, 5.41) is 10.5. The van der Waals surface area contributed by atoms with Crippen LogP contribution in [0.5, 0.6) is 0 Å². The molecule has 0 radical (unpaired) electrons. The average molecular weight is 317 g/mol. The SMILES string of the molecule is C=CCSc1nc(N)c(C#N)c(Cc2ccc(Cl)cc2)n1. The van der Waals surface area contributed by atoms with Crippen LogP contribution in [0.25, 0.3) is 0 Å². The Morgan fingerprint density at radius 1 is 1.33 bits per heavy atom. The fraction of sp³-hybridized carbons (Fsp3) is 0.133.